The maximum atomic E-state index is 4.28. The van der Waals surface area contributed by atoms with Gasteiger partial charge in [0, 0.05) is 17.5 Å². The number of halogens is 1. The molecule has 1 rings (SSSR count). The van der Waals surface area contributed by atoms with Crippen molar-refractivity contribution in [2.24, 2.45) is 7.05 Å². The smallest absolute Gasteiger partial charge is 0.0700 e. The fourth-order valence-electron chi connectivity index (χ4n) is 1.63. The SMILES string of the molecule is CCNC(CSC(C)(C)C)c1c(Br)cnn1C. The highest BCUT2D eigenvalue weighted by Gasteiger charge is 2.21. The van der Waals surface area contributed by atoms with E-state index in [1.165, 1.54) is 5.69 Å². The van der Waals surface area contributed by atoms with Crippen LogP contribution in [-0.2, 0) is 7.05 Å². The van der Waals surface area contributed by atoms with Crippen LogP contribution in [0.5, 0.6) is 0 Å². The van der Waals surface area contributed by atoms with Gasteiger partial charge in [0.2, 0.25) is 0 Å². The zero-order chi connectivity index (χ0) is 13.1. The summed E-state index contributed by atoms with van der Waals surface area (Å²) in [6.45, 7) is 9.85. The monoisotopic (exact) mass is 319 g/mol. The van der Waals surface area contributed by atoms with Gasteiger partial charge in [0.25, 0.3) is 0 Å². The number of aromatic nitrogens is 2. The molecule has 17 heavy (non-hydrogen) atoms. The van der Waals surface area contributed by atoms with E-state index in [1.54, 1.807) is 0 Å². The summed E-state index contributed by atoms with van der Waals surface area (Å²) >= 11 is 5.55. The lowest BCUT2D eigenvalue weighted by Crippen LogP contribution is -2.27. The molecule has 0 radical (unpaired) electrons. The predicted molar refractivity (Wildman–Crippen MR) is 79.5 cm³/mol. The van der Waals surface area contributed by atoms with E-state index in [-0.39, 0.29) is 0 Å². The molecule has 1 atom stereocenters. The molecule has 0 spiro atoms. The first-order chi connectivity index (χ1) is 7.85. The molecule has 0 aromatic carbocycles. The summed E-state index contributed by atoms with van der Waals surface area (Å²) in [4.78, 5) is 0. The van der Waals surface area contributed by atoms with Crippen LogP contribution < -0.4 is 5.32 Å². The molecular weight excluding hydrogens is 298 g/mol. The van der Waals surface area contributed by atoms with Crippen LogP contribution in [0.1, 0.15) is 39.4 Å². The van der Waals surface area contributed by atoms with Gasteiger partial charge in [0.1, 0.15) is 0 Å². The van der Waals surface area contributed by atoms with Gasteiger partial charge in [-0.15, -0.1) is 0 Å². The molecule has 0 aliphatic rings. The first kappa shape index (κ1) is 15.1. The van der Waals surface area contributed by atoms with Crippen LogP contribution in [0.15, 0.2) is 10.7 Å². The first-order valence-corrected chi connectivity index (χ1v) is 7.67. The Balaban J connectivity index is 2.79. The Morgan fingerprint density at radius 2 is 2.18 bits per heavy atom. The molecule has 1 aromatic heterocycles. The summed E-state index contributed by atoms with van der Waals surface area (Å²) in [5.74, 6) is 1.05. The van der Waals surface area contributed by atoms with E-state index < -0.39 is 0 Å². The van der Waals surface area contributed by atoms with Crippen LogP contribution in [0.25, 0.3) is 0 Å². The minimum absolute atomic E-state index is 0.290. The summed E-state index contributed by atoms with van der Waals surface area (Å²) in [6, 6.07) is 0.339. The summed E-state index contributed by atoms with van der Waals surface area (Å²) in [5, 5.41) is 7.81. The molecule has 0 aliphatic heterocycles. The summed E-state index contributed by atoms with van der Waals surface area (Å²) in [5.41, 5.74) is 1.23. The fraction of sp³-hybridized carbons (Fsp3) is 0.750. The molecule has 98 valence electrons. The van der Waals surface area contributed by atoms with Crippen molar-refractivity contribution in [3.05, 3.63) is 16.4 Å². The second kappa shape index (κ2) is 6.25. The first-order valence-electron chi connectivity index (χ1n) is 5.90. The zero-order valence-electron chi connectivity index (χ0n) is 11.2. The van der Waals surface area contributed by atoms with Crippen LogP contribution >= 0.6 is 27.7 Å². The molecule has 1 unspecified atom stereocenters. The van der Waals surface area contributed by atoms with E-state index >= 15 is 0 Å². The van der Waals surface area contributed by atoms with E-state index in [0.717, 1.165) is 16.8 Å². The van der Waals surface area contributed by atoms with E-state index in [1.807, 2.05) is 29.7 Å². The van der Waals surface area contributed by atoms with Gasteiger partial charge in [0.05, 0.1) is 22.4 Å². The Morgan fingerprint density at radius 3 is 2.59 bits per heavy atom. The molecule has 0 bridgehead atoms. The molecule has 0 saturated heterocycles. The van der Waals surface area contributed by atoms with Crippen molar-refractivity contribution in [2.45, 2.75) is 38.5 Å². The topological polar surface area (TPSA) is 29.9 Å². The zero-order valence-corrected chi connectivity index (χ0v) is 13.7. The Kier molecular flexibility index (Phi) is 5.54. The molecule has 5 heteroatoms. The van der Waals surface area contributed by atoms with Gasteiger partial charge in [-0.3, -0.25) is 4.68 Å². The lowest BCUT2D eigenvalue weighted by Gasteiger charge is -2.24. The highest BCUT2D eigenvalue weighted by Crippen LogP contribution is 2.30. The molecule has 1 heterocycles. The molecule has 1 aromatic rings. The lowest BCUT2D eigenvalue weighted by molar-refractivity contribution is 0.549. The van der Waals surface area contributed by atoms with Crippen molar-refractivity contribution in [3.8, 4) is 0 Å². The molecule has 3 nitrogen and oxygen atoms in total. The van der Waals surface area contributed by atoms with E-state index in [0.29, 0.717) is 10.8 Å². The lowest BCUT2D eigenvalue weighted by atomic mass is 10.2. The number of thioether (sulfide) groups is 1. The van der Waals surface area contributed by atoms with Crippen molar-refractivity contribution in [3.63, 3.8) is 0 Å². The minimum Gasteiger partial charge on any atom is -0.308 e. The Hall–Kier alpha value is 0. The van der Waals surface area contributed by atoms with Gasteiger partial charge in [-0.25, -0.2) is 0 Å². The van der Waals surface area contributed by atoms with Crippen LogP contribution in [-0.4, -0.2) is 26.8 Å². The summed E-state index contributed by atoms with van der Waals surface area (Å²) in [6.07, 6.45) is 1.86. The Labute approximate surface area is 117 Å². The van der Waals surface area contributed by atoms with E-state index in [9.17, 15) is 0 Å². The third kappa shape index (κ3) is 4.64. The van der Waals surface area contributed by atoms with Gasteiger partial charge < -0.3 is 5.32 Å². The molecule has 0 fully saturated rings. The van der Waals surface area contributed by atoms with Gasteiger partial charge in [0.15, 0.2) is 0 Å². The fourth-order valence-corrected chi connectivity index (χ4v) is 3.19. The third-order valence-corrected chi connectivity index (χ3v) is 4.38. The highest BCUT2D eigenvalue weighted by molar-refractivity contribution is 9.10. The normalized spacial score (nSPS) is 14.0. The van der Waals surface area contributed by atoms with E-state index in [2.05, 4.69) is 54.0 Å². The minimum atomic E-state index is 0.290. The van der Waals surface area contributed by atoms with Gasteiger partial charge in [-0.2, -0.15) is 16.9 Å². The number of nitrogens with zero attached hydrogens (tertiary/aromatic N) is 2. The Morgan fingerprint density at radius 1 is 1.53 bits per heavy atom. The maximum absolute atomic E-state index is 4.28. The van der Waals surface area contributed by atoms with Crippen LogP contribution in [0.2, 0.25) is 0 Å². The van der Waals surface area contributed by atoms with Crippen molar-refractivity contribution in [2.75, 3.05) is 12.3 Å². The van der Waals surface area contributed by atoms with Crippen molar-refractivity contribution in [1.82, 2.24) is 15.1 Å². The van der Waals surface area contributed by atoms with Gasteiger partial charge in [-0.1, -0.05) is 27.7 Å². The average Bonchev–Trinajstić information content (AvgIpc) is 2.53. The molecule has 1 N–H and O–H groups in total. The number of nitrogens with one attached hydrogen (secondary N) is 1. The quantitative estimate of drug-likeness (QED) is 0.902. The Bertz CT molecular complexity index is 338. The van der Waals surface area contributed by atoms with Crippen molar-refractivity contribution in [1.29, 1.82) is 0 Å². The summed E-state index contributed by atoms with van der Waals surface area (Å²) in [7, 11) is 1.99. The predicted octanol–water partition coefficient (Wildman–Crippen LogP) is 3.36. The van der Waals surface area contributed by atoms with Crippen molar-refractivity contribution >= 4 is 27.7 Å². The van der Waals surface area contributed by atoms with Crippen molar-refractivity contribution < 1.29 is 0 Å². The number of aryl methyl sites for hydroxylation is 1. The number of hydrogen-bond acceptors (Lipinski definition) is 3. The average molecular weight is 320 g/mol. The second-order valence-corrected chi connectivity index (χ2v) is 7.74. The van der Waals surface area contributed by atoms with Crippen LogP contribution in [0, 0.1) is 0 Å². The number of hydrogen-bond donors (Lipinski definition) is 1. The molecule has 0 amide bonds. The second-order valence-electron chi connectivity index (χ2n) is 5.03. The third-order valence-electron chi connectivity index (χ3n) is 2.40. The standard InChI is InChI=1S/C12H22BrN3S/c1-6-14-10(8-17-12(2,3)4)11-9(13)7-15-16(11)5/h7,10,14H,6,8H2,1-5H3. The highest BCUT2D eigenvalue weighted by atomic mass is 79.9. The van der Waals surface area contributed by atoms with Crippen LogP contribution in [0.4, 0.5) is 0 Å². The number of rotatable bonds is 5. The summed E-state index contributed by atoms with van der Waals surface area (Å²) < 4.78 is 3.32. The van der Waals surface area contributed by atoms with E-state index in [4.69, 9.17) is 0 Å². The van der Waals surface area contributed by atoms with Gasteiger partial charge >= 0.3 is 0 Å². The largest absolute Gasteiger partial charge is 0.308 e. The maximum Gasteiger partial charge on any atom is 0.0700 e. The molecule has 0 aliphatic carbocycles. The molecular formula is C12H22BrN3S. The molecule has 0 saturated carbocycles. The van der Waals surface area contributed by atoms with Gasteiger partial charge in [-0.05, 0) is 22.5 Å². The van der Waals surface area contributed by atoms with Crippen LogP contribution in [0.3, 0.4) is 0 Å².